The zero-order chi connectivity index (χ0) is 42.0. The molecule has 0 fully saturated rings. The fourth-order valence-electron chi connectivity index (χ4n) is 8.20. The molecular formula is C56H45NO4. The van der Waals surface area contributed by atoms with Crippen molar-refractivity contribution in [3.05, 3.63) is 276 Å². The minimum Gasteiger partial charge on any atom is -0.872 e. The fraction of sp³-hybridized carbons (Fsp3) is 0.0357. The Kier molecular flexibility index (Phi) is 12.0. The summed E-state index contributed by atoms with van der Waals surface area (Å²) in [5.41, 5.74) is 11.0. The van der Waals surface area contributed by atoms with E-state index < -0.39 is 0 Å². The van der Waals surface area contributed by atoms with Gasteiger partial charge < -0.3 is 20.4 Å². The second-order valence-electron chi connectivity index (χ2n) is 14.9. The summed E-state index contributed by atoms with van der Waals surface area (Å²) in [7, 11) is 0. The summed E-state index contributed by atoms with van der Waals surface area (Å²) in [6.07, 6.45) is 0. The zero-order valence-corrected chi connectivity index (χ0v) is 33.4. The Morgan fingerprint density at radius 3 is 0.689 bits per heavy atom. The first-order chi connectivity index (χ1) is 29.9. The summed E-state index contributed by atoms with van der Waals surface area (Å²) in [5.74, 6) is 0.379. The molecule has 0 saturated heterocycles. The van der Waals surface area contributed by atoms with E-state index in [1.165, 1.54) is 22.7 Å². The molecule has 0 saturated carbocycles. The third-order valence-electron chi connectivity index (χ3n) is 11.1. The maximum Gasteiger partial charge on any atom is 0.148 e. The summed E-state index contributed by atoms with van der Waals surface area (Å²) < 4.78 is 0.559. The molecule has 298 valence electrons. The van der Waals surface area contributed by atoms with Crippen LogP contribution in [0, 0.1) is 0 Å². The Hall–Kier alpha value is -7.86. The Bertz CT molecular complexity index is 2360. The molecule has 0 aliphatic carbocycles. The smallest absolute Gasteiger partial charge is 0.148 e. The summed E-state index contributed by atoms with van der Waals surface area (Å²) >= 11 is 0. The Morgan fingerprint density at radius 2 is 0.459 bits per heavy atom. The largest absolute Gasteiger partial charge is 0.872 e. The quantitative estimate of drug-likeness (QED) is 0.0951. The number of benzene rings is 9. The topological polar surface area (TPSA) is 83.8 Å². The number of quaternary nitrogens is 1. The van der Waals surface area contributed by atoms with Crippen molar-refractivity contribution < 1.29 is 20.4 Å². The molecule has 0 bridgehead atoms. The highest BCUT2D eigenvalue weighted by molar-refractivity contribution is 5.81. The molecule has 9 aromatic carbocycles. The highest BCUT2D eigenvalue weighted by Gasteiger charge is 2.38. The monoisotopic (exact) mass is 795 g/mol. The van der Waals surface area contributed by atoms with Gasteiger partial charge in [0, 0.05) is 60.4 Å². The van der Waals surface area contributed by atoms with E-state index in [0.29, 0.717) is 4.48 Å². The number of hydrogen-bond donors (Lipinski definition) is 3. The van der Waals surface area contributed by atoms with Crippen LogP contribution in [0.2, 0.25) is 0 Å². The molecule has 61 heavy (non-hydrogen) atoms. The lowest BCUT2D eigenvalue weighted by Crippen LogP contribution is -2.33. The van der Waals surface area contributed by atoms with Gasteiger partial charge in [0.25, 0.3) is 0 Å². The molecule has 5 heteroatoms. The summed E-state index contributed by atoms with van der Waals surface area (Å²) in [5, 5.41) is 41.1. The first-order valence-corrected chi connectivity index (χ1v) is 20.3. The van der Waals surface area contributed by atoms with Crippen LogP contribution in [0.25, 0.3) is 0 Å². The van der Waals surface area contributed by atoms with Crippen LogP contribution in [0.1, 0.15) is 45.2 Å². The van der Waals surface area contributed by atoms with Crippen LogP contribution in [0.3, 0.4) is 0 Å². The molecule has 9 aromatic rings. The van der Waals surface area contributed by atoms with Gasteiger partial charge in [-0.15, -0.1) is 5.75 Å². The first kappa shape index (κ1) is 39.9. The molecule has 0 amide bonds. The van der Waals surface area contributed by atoms with Gasteiger partial charge in [0.1, 0.15) is 40.0 Å². The SMILES string of the molecule is [O-]c1ccc(C(c2ccc(O)cc2)c2ccc(C(c3ccc(O)cc3)c3ccc(O)cc3)cc2)cc1.c1ccc([N+](c2ccccc2)(c2ccccc2)c2ccccc2)cc1. The third kappa shape index (κ3) is 8.79. The minimum absolute atomic E-state index is 0.0378. The predicted octanol–water partition coefficient (Wildman–Crippen LogP) is 13.2. The molecule has 0 aromatic heterocycles. The average Bonchev–Trinajstić information content (AvgIpc) is 3.31. The van der Waals surface area contributed by atoms with Crippen LogP contribution < -0.4 is 9.59 Å². The van der Waals surface area contributed by atoms with Gasteiger partial charge in [0.15, 0.2) is 0 Å². The first-order valence-electron chi connectivity index (χ1n) is 20.3. The molecule has 0 aliphatic heterocycles. The maximum absolute atomic E-state index is 11.7. The van der Waals surface area contributed by atoms with E-state index in [1.807, 2.05) is 48.5 Å². The van der Waals surface area contributed by atoms with Gasteiger partial charge in [0.05, 0.1) is 0 Å². The van der Waals surface area contributed by atoms with Crippen molar-refractivity contribution in [3.63, 3.8) is 0 Å². The molecule has 9 rings (SSSR count). The van der Waals surface area contributed by atoms with E-state index in [1.54, 1.807) is 48.5 Å². The van der Waals surface area contributed by atoms with Gasteiger partial charge in [-0.25, -0.2) is 0 Å². The molecule has 0 aliphatic rings. The molecule has 1 atom stereocenters. The average molecular weight is 796 g/mol. The van der Waals surface area contributed by atoms with Crippen molar-refractivity contribution >= 4 is 22.7 Å². The van der Waals surface area contributed by atoms with Crippen LogP contribution in [0.5, 0.6) is 23.0 Å². The summed E-state index contributed by atoms with van der Waals surface area (Å²) in [6.45, 7) is 0. The minimum atomic E-state index is -0.110. The normalized spacial score (nSPS) is 11.6. The van der Waals surface area contributed by atoms with E-state index in [9.17, 15) is 20.4 Å². The van der Waals surface area contributed by atoms with E-state index in [-0.39, 0.29) is 34.8 Å². The molecule has 5 nitrogen and oxygen atoms in total. The summed E-state index contributed by atoms with van der Waals surface area (Å²) in [4.78, 5) is 0. The molecule has 1 unspecified atom stereocenters. The van der Waals surface area contributed by atoms with Crippen molar-refractivity contribution in [1.29, 1.82) is 0 Å². The lowest BCUT2D eigenvalue weighted by molar-refractivity contribution is -0.268. The lowest BCUT2D eigenvalue weighted by atomic mass is 9.81. The van der Waals surface area contributed by atoms with Crippen molar-refractivity contribution in [3.8, 4) is 23.0 Å². The van der Waals surface area contributed by atoms with Crippen molar-refractivity contribution in [1.82, 2.24) is 4.48 Å². The number of aromatic hydroxyl groups is 3. The number of phenols is 3. The molecule has 0 radical (unpaired) electrons. The molecule has 0 heterocycles. The van der Waals surface area contributed by atoms with Gasteiger partial charge in [-0.05, 0) is 69.8 Å². The number of nitrogens with zero attached hydrogens (tertiary/aromatic N) is 1. The van der Waals surface area contributed by atoms with Crippen molar-refractivity contribution in [2.75, 3.05) is 0 Å². The Morgan fingerprint density at radius 1 is 0.262 bits per heavy atom. The van der Waals surface area contributed by atoms with Crippen LogP contribution >= 0.6 is 0 Å². The van der Waals surface area contributed by atoms with Crippen LogP contribution in [-0.2, 0) is 0 Å². The second kappa shape index (κ2) is 18.4. The van der Waals surface area contributed by atoms with Crippen LogP contribution in [0.4, 0.5) is 22.7 Å². The van der Waals surface area contributed by atoms with Crippen LogP contribution in [-0.4, -0.2) is 15.3 Å². The molecule has 3 N–H and O–H groups in total. The van der Waals surface area contributed by atoms with Crippen molar-refractivity contribution in [2.24, 2.45) is 0 Å². The van der Waals surface area contributed by atoms with E-state index >= 15 is 0 Å². The Balaban J connectivity index is 0.000000180. The van der Waals surface area contributed by atoms with Crippen molar-refractivity contribution in [2.45, 2.75) is 11.8 Å². The lowest BCUT2D eigenvalue weighted by Gasteiger charge is -2.37. The number of para-hydroxylation sites is 4. The zero-order valence-electron chi connectivity index (χ0n) is 33.4. The Labute approximate surface area is 357 Å². The van der Waals surface area contributed by atoms with E-state index in [0.717, 1.165) is 33.4 Å². The number of rotatable bonds is 10. The van der Waals surface area contributed by atoms with E-state index in [2.05, 4.69) is 146 Å². The van der Waals surface area contributed by atoms with Gasteiger partial charge in [-0.1, -0.05) is 158 Å². The molecular weight excluding hydrogens is 751 g/mol. The van der Waals surface area contributed by atoms with E-state index in [4.69, 9.17) is 0 Å². The highest BCUT2D eigenvalue weighted by Crippen LogP contribution is 2.51. The van der Waals surface area contributed by atoms with Crippen LogP contribution in [0.15, 0.2) is 243 Å². The summed E-state index contributed by atoms with van der Waals surface area (Å²) in [6, 6.07) is 79.4. The van der Waals surface area contributed by atoms with Gasteiger partial charge in [-0.3, -0.25) is 0 Å². The number of phenolic OH excluding ortho intramolecular Hbond substituents is 3. The fourth-order valence-corrected chi connectivity index (χ4v) is 8.20. The van der Waals surface area contributed by atoms with Gasteiger partial charge >= 0.3 is 0 Å². The van der Waals surface area contributed by atoms with Gasteiger partial charge in [0.2, 0.25) is 0 Å². The maximum atomic E-state index is 11.7. The number of hydrogen-bond acceptors (Lipinski definition) is 4. The van der Waals surface area contributed by atoms with Gasteiger partial charge in [-0.2, -0.15) is 4.48 Å². The third-order valence-corrected chi connectivity index (χ3v) is 11.1. The molecule has 0 spiro atoms. The second-order valence-corrected chi connectivity index (χ2v) is 14.9. The predicted molar refractivity (Wildman–Crippen MR) is 245 cm³/mol. The standard InChI is InChI=1S/C32H26O4.C24H20N/c33-27-13-5-23(6-14-27)31(24-7-15-28(34)16-8-24)21-1-2-22(4-3-21)32(25-9-17-29(35)18-10-25)26-11-19-30(36)20-12-26;1-5-13-21(14-6-1)25(22-15-7-2-8-16-22,23-17-9-3-10-18-23)24-19-11-4-12-20-24/h1-20,31-36H;1-20H/q;+1/p-1. The highest BCUT2D eigenvalue weighted by atomic mass is 16.3.